The first-order valence-corrected chi connectivity index (χ1v) is 7.70. The molecule has 0 unspecified atom stereocenters. The summed E-state index contributed by atoms with van der Waals surface area (Å²) in [5, 5.41) is 3.48. The maximum absolute atomic E-state index is 5.92. The number of unbranched alkanes of at least 4 members (excludes halogenated alkanes) is 2. The van der Waals surface area contributed by atoms with Gasteiger partial charge in [-0.25, -0.2) is 0 Å². The van der Waals surface area contributed by atoms with Gasteiger partial charge >= 0.3 is 0 Å². The van der Waals surface area contributed by atoms with Crippen LogP contribution in [0.2, 0.25) is 0 Å². The van der Waals surface area contributed by atoms with Gasteiger partial charge < -0.3 is 10.1 Å². The van der Waals surface area contributed by atoms with Gasteiger partial charge in [0.1, 0.15) is 12.4 Å². The van der Waals surface area contributed by atoms with Gasteiger partial charge in [-0.2, -0.15) is 0 Å². The van der Waals surface area contributed by atoms with E-state index < -0.39 is 0 Å². The van der Waals surface area contributed by atoms with Gasteiger partial charge in [0.25, 0.3) is 0 Å². The Kier molecular flexibility index (Phi) is 6.75. The van der Waals surface area contributed by atoms with Crippen LogP contribution >= 0.6 is 0 Å². The van der Waals surface area contributed by atoms with Crippen LogP contribution < -0.4 is 10.1 Å². The molecule has 0 fully saturated rings. The first-order chi connectivity index (χ1) is 10.4. The zero-order chi connectivity index (χ0) is 14.8. The summed E-state index contributed by atoms with van der Waals surface area (Å²) in [6.45, 7) is 4.69. The molecule has 1 aromatic carbocycles. The number of rotatable bonds is 9. The highest BCUT2D eigenvalue weighted by molar-refractivity contribution is 5.33. The molecule has 0 bridgehead atoms. The Morgan fingerprint density at radius 2 is 2.00 bits per heavy atom. The molecule has 21 heavy (non-hydrogen) atoms. The second-order valence-electron chi connectivity index (χ2n) is 5.14. The molecule has 112 valence electrons. The number of ether oxygens (including phenoxy) is 1. The molecule has 0 aliphatic rings. The monoisotopic (exact) mass is 284 g/mol. The van der Waals surface area contributed by atoms with Crippen molar-refractivity contribution in [2.45, 2.75) is 39.3 Å². The molecule has 1 aromatic heterocycles. The van der Waals surface area contributed by atoms with Crippen LogP contribution in [0.15, 0.2) is 48.8 Å². The zero-order valence-corrected chi connectivity index (χ0v) is 12.7. The smallest absolute Gasteiger partial charge is 0.124 e. The van der Waals surface area contributed by atoms with Gasteiger partial charge in [0, 0.05) is 30.1 Å². The topological polar surface area (TPSA) is 34.1 Å². The fraction of sp³-hybridized carbons (Fsp3) is 0.389. The van der Waals surface area contributed by atoms with Crippen LogP contribution in [0.1, 0.15) is 37.3 Å². The van der Waals surface area contributed by atoms with E-state index in [2.05, 4.69) is 29.4 Å². The Hall–Kier alpha value is -1.87. The summed E-state index contributed by atoms with van der Waals surface area (Å²) in [6.07, 6.45) is 7.39. The molecule has 0 saturated carbocycles. The van der Waals surface area contributed by atoms with E-state index in [1.54, 1.807) is 6.20 Å². The minimum Gasteiger partial charge on any atom is -0.489 e. The Morgan fingerprint density at radius 3 is 2.81 bits per heavy atom. The van der Waals surface area contributed by atoms with Gasteiger partial charge in [-0.1, -0.05) is 44.0 Å². The molecule has 1 N–H and O–H groups in total. The molecule has 0 aliphatic carbocycles. The maximum atomic E-state index is 5.92. The van der Waals surface area contributed by atoms with Crippen molar-refractivity contribution in [1.82, 2.24) is 10.3 Å². The number of aromatic nitrogens is 1. The Morgan fingerprint density at radius 1 is 1.10 bits per heavy atom. The fourth-order valence-corrected chi connectivity index (χ4v) is 2.16. The van der Waals surface area contributed by atoms with Gasteiger partial charge in [-0.15, -0.1) is 0 Å². The van der Waals surface area contributed by atoms with E-state index in [1.807, 2.05) is 30.5 Å². The number of nitrogens with one attached hydrogen (secondary N) is 1. The molecule has 0 saturated heterocycles. The molecular weight excluding hydrogens is 260 g/mol. The quantitative estimate of drug-likeness (QED) is 0.708. The highest BCUT2D eigenvalue weighted by Gasteiger charge is 2.03. The first-order valence-electron chi connectivity index (χ1n) is 7.70. The predicted molar refractivity (Wildman–Crippen MR) is 86.2 cm³/mol. The zero-order valence-electron chi connectivity index (χ0n) is 12.7. The number of benzene rings is 1. The molecule has 2 aromatic rings. The molecule has 0 aliphatic heterocycles. The molecule has 3 heteroatoms. The van der Waals surface area contributed by atoms with Crippen LogP contribution in [-0.4, -0.2) is 11.5 Å². The van der Waals surface area contributed by atoms with Crippen molar-refractivity contribution in [2.75, 3.05) is 6.54 Å². The van der Waals surface area contributed by atoms with Crippen LogP contribution in [0.5, 0.6) is 5.75 Å². The number of para-hydroxylation sites is 1. The summed E-state index contributed by atoms with van der Waals surface area (Å²) in [4.78, 5) is 4.11. The first kappa shape index (κ1) is 15.5. The molecular formula is C18H24N2O. The van der Waals surface area contributed by atoms with Crippen LogP contribution in [0, 0.1) is 0 Å². The summed E-state index contributed by atoms with van der Waals surface area (Å²) in [7, 11) is 0. The van der Waals surface area contributed by atoms with Crippen molar-refractivity contribution >= 4 is 0 Å². The molecule has 0 amide bonds. The summed E-state index contributed by atoms with van der Waals surface area (Å²) < 4.78 is 5.92. The van der Waals surface area contributed by atoms with Crippen LogP contribution in [0.4, 0.5) is 0 Å². The fourth-order valence-electron chi connectivity index (χ4n) is 2.16. The second kappa shape index (κ2) is 9.14. The summed E-state index contributed by atoms with van der Waals surface area (Å²) in [5.41, 5.74) is 2.29. The third-order valence-corrected chi connectivity index (χ3v) is 3.36. The van der Waals surface area contributed by atoms with Gasteiger partial charge in [0.05, 0.1) is 0 Å². The molecule has 0 spiro atoms. The van der Waals surface area contributed by atoms with E-state index in [1.165, 1.54) is 24.8 Å². The predicted octanol–water partition coefficient (Wildman–Crippen LogP) is 3.94. The number of hydrogen-bond donors (Lipinski definition) is 1. The Balaban J connectivity index is 1.84. The SMILES string of the molecule is CCCCCNCc1ccccc1OCc1cccnc1. The average molecular weight is 284 g/mol. The van der Waals surface area contributed by atoms with E-state index >= 15 is 0 Å². The molecule has 0 radical (unpaired) electrons. The van der Waals surface area contributed by atoms with Gasteiger partial charge in [0.2, 0.25) is 0 Å². The normalized spacial score (nSPS) is 10.5. The second-order valence-corrected chi connectivity index (χ2v) is 5.14. The third-order valence-electron chi connectivity index (χ3n) is 3.36. The standard InChI is InChI=1S/C18H24N2O/c1-2-3-6-11-20-14-17-9-4-5-10-18(17)21-15-16-8-7-12-19-13-16/h4-5,7-10,12-13,20H,2-3,6,11,14-15H2,1H3. The van der Waals surface area contributed by atoms with Crippen molar-refractivity contribution < 1.29 is 4.74 Å². The van der Waals surface area contributed by atoms with Crippen LogP contribution in [0.3, 0.4) is 0 Å². The summed E-state index contributed by atoms with van der Waals surface area (Å²) in [6, 6.07) is 12.2. The van der Waals surface area contributed by atoms with Gasteiger partial charge in [-0.3, -0.25) is 4.98 Å². The van der Waals surface area contributed by atoms with Crippen molar-refractivity contribution in [3.05, 3.63) is 59.9 Å². The van der Waals surface area contributed by atoms with E-state index in [9.17, 15) is 0 Å². The van der Waals surface area contributed by atoms with Gasteiger partial charge in [-0.05, 0) is 25.1 Å². The number of nitrogens with zero attached hydrogens (tertiary/aromatic N) is 1. The molecule has 3 nitrogen and oxygen atoms in total. The van der Waals surface area contributed by atoms with E-state index in [0.717, 1.165) is 24.4 Å². The molecule has 2 rings (SSSR count). The largest absolute Gasteiger partial charge is 0.489 e. The number of hydrogen-bond acceptors (Lipinski definition) is 3. The van der Waals surface area contributed by atoms with Crippen molar-refractivity contribution in [3.8, 4) is 5.75 Å². The average Bonchev–Trinajstić information content (AvgIpc) is 2.55. The molecule has 0 atom stereocenters. The summed E-state index contributed by atoms with van der Waals surface area (Å²) in [5.74, 6) is 0.948. The van der Waals surface area contributed by atoms with Crippen LogP contribution in [0.25, 0.3) is 0 Å². The van der Waals surface area contributed by atoms with Gasteiger partial charge in [0.15, 0.2) is 0 Å². The van der Waals surface area contributed by atoms with E-state index in [-0.39, 0.29) is 0 Å². The lowest BCUT2D eigenvalue weighted by Crippen LogP contribution is -2.15. The number of pyridine rings is 1. The van der Waals surface area contributed by atoms with E-state index in [0.29, 0.717) is 6.61 Å². The lowest BCUT2D eigenvalue weighted by molar-refractivity contribution is 0.301. The Bertz CT molecular complexity index is 514. The lowest BCUT2D eigenvalue weighted by atomic mass is 10.2. The van der Waals surface area contributed by atoms with Crippen molar-refractivity contribution in [2.24, 2.45) is 0 Å². The highest BCUT2D eigenvalue weighted by Crippen LogP contribution is 2.19. The molecule has 1 heterocycles. The van der Waals surface area contributed by atoms with Crippen LogP contribution in [-0.2, 0) is 13.2 Å². The minimum atomic E-state index is 0.556. The summed E-state index contributed by atoms with van der Waals surface area (Å²) >= 11 is 0. The third kappa shape index (κ3) is 5.56. The minimum absolute atomic E-state index is 0.556. The maximum Gasteiger partial charge on any atom is 0.124 e. The van der Waals surface area contributed by atoms with Crippen molar-refractivity contribution in [3.63, 3.8) is 0 Å². The Labute approximate surface area is 127 Å². The lowest BCUT2D eigenvalue weighted by Gasteiger charge is -2.12. The van der Waals surface area contributed by atoms with E-state index in [4.69, 9.17) is 4.74 Å². The highest BCUT2D eigenvalue weighted by atomic mass is 16.5. The van der Waals surface area contributed by atoms with Crippen molar-refractivity contribution in [1.29, 1.82) is 0 Å².